The molecule has 1 aromatic carbocycles. The first-order valence-electron chi connectivity index (χ1n) is 7.99. The molecule has 0 amide bonds. The zero-order valence-electron chi connectivity index (χ0n) is 13.2. The summed E-state index contributed by atoms with van der Waals surface area (Å²) in [6.45, 7) is 9.36. The zero-order chi connectivity index (χ0) is 14.7. The van der Waals surface area contributed by atoms with Gasteiger partial charge in [0.1, 0.15) is 0 Å². The van der Waals surface area contributed by atoms with E-state index in [0.717, 1.165) is 22.8 Å². The van der Waals surface area contributed by atoms with Crippen molar-refractivity contribution in [1.29, 1.82) is 0 Å². The lowest BCUT2D eigenvalue weighted by molar-refractivity contribution is 0.161. The second-order valence-corrected chi connectivity index (χ2v) is 7.31. The smallest absolute Gasteiger partial charge is 0.0409 e. The molecular weight excluding hydrogens is 266 g/mol. The maximum absolute atomic E-state index is 6.11. The van der Waals surface area contributed by atoms with Crippen LogP contribution in [0.4, 0.5) is 0 Å². The van der Waals surface area contributed by atoms with E-state index in [2.05, 4.69) is 45.1 Å². The van der Waals surface area contributed by atoms with Gasteiger partial charge in [-0.3, -0.25) is 0 Å². The van der Waals surface area contributed by atoms with Crippen molar-refractivity contribution < 1.29 is 0 Å². The standard InChI is InChI=1S/C18H28ClN/c1-12(2)17-9-8-13(3)10-18(17)20-14(4)15-6-5-7-16(19)11-15/h5-7,11-14,17-18,20H,8-10H2,1-4H3. The van der Waals surface area contributed by atoms with E-state index < -0.39 is 0 Å². The Bertz CT molecular complexity index is 429. The Morgan fingerprint density at radius 2 is 1.95 bits per heavy atom. The van der Waals surface area contributed by atoms with E-state index >= 15 is 0 Å². The molecule has 0 aromatic heterocycles. The minimum atomic E-state index is 0.366. The molecule has 1 N–H and O–H groups in total. The molecule has 0 spiro atoms. The summed E-state index contributed by atoms with van der Waals surface area (Å²) in [5, 5.41) is 4.69. The highest BCUT2D eigenvalue weighted by Gasteiger charge is 2.31. The van der Waals surface area contributed by atoms with Crippen molar-refractivity contribution in [3.8, 4) is 0 Å². The van der Waals surface area contributed by atoms with Gasteiger partial charge in [0.15, 0.2) is 0 Å². The molecule has 0 bridgehead atoms. The lowest BCUT2D eigenvalue weighted by Gasteiger charge is -2.39. The molecule has 112 valence electrons. The summed E-state index contributed by atoms with van der Waals surface area (Å²) < 4.78 is 0. The Kier molecular flexibility index (Phi) is 5.51. The molecule has 1 nitrogen and oxygen atoms in total. The fourth-order valence-electron chi connectivity index (χ4n) is 3.59. The molecule has 1 aliphatic rings. The zero-order valence-corrected chi connectivity index (χ0v) is 14.0. The molecule has 0 aliphatic heterocycles. The first-order valence-corrected chi connectivity index (χ1v) is 8.36. The largest absolute Gasteiger partial charge is 0.307 e. The molecule has 0 heterocycles. The van der Waals surface area contributed by atoms with Gasteiger partial charge in [-0.25, -0.2) is 0 Å². The first kappa shape index (κ1) is 15.9. The van der Waals surface area contributed by atoms with Gasteiger partial charge in [0, 0.05) is 17.1 Å². The monoisotopic (exact) mass is 293 g/mol. The molecule has 4 unspecified atom stereocenters. The summed E-state index contributed by atoms with van der Waals surface area (Å²) in [4.78, 5) is 0. The average molecular weight is 294 g/mol. The summed E-state index contributed by atoms with van der Waals surface area (Å²) in [6.07, 6.45) is 4.04. The van der Waals surface area contributed by atoms with Crippen LogP contribution in [0.15, 0.2) is 24.3 Å². The van der Waals surface area contributed by atoms with Crippen LogP contribution in [0, 0.1) is 17.8 Å². The van der Waals surface area contributed by atoms with Gasteiger partial charge >= 0.3 is 0 Å². The normalized spacial score (nSPS) is 28.6. The van der Waals surface area contributed by atoms with Crippen molar-refractivity contribution in [3.05, 3.63) is 34.9 Å². The van der Waals surface area contributed by atoms with Gasteiger partial charge in [0.05, 0.1) is 0 Å². The van der Waals surface area contributed by atoms with E-state index in [-0.39, 0.29) is 0 Å². The van der Waals surface area contributed by atoms with Crippen molar-refractivity contribution in [2.45, 2.75) is 59.0 Å². The third-order valence-corrected chi connectivity index (χ3v) is 5.07. The molecule has 20 heavy (non-hydrogen) atoms. The van der Waals surface area contributed by atoms with Crippen LogP contribution in [-0.2, 0) is 0 Å². The van der Waals surface area contributed by atoms with Gasteiger partial charge in [0.25, 0.3) is 0 Å². The van der Waals surface area contributed by atoms with Gasteiger partial charge in [-0.05, 0) is 55.2 Å². The Labute approximate surface area is 129 Å². The number of rotatable bonds is 4. The predicted molar refractivity (Wildman–Crippen MR) is 88.1 cm³/mol. The van der Waals surface area contributed by atoms with E-state index in [0.29, 0.717) is 12.1 Å². The second-order valence-electron chi connectivity index (χ2n) is 6.88. The van der Waals surface area contributed by atoms with E-state index in [9.17, 15) is 0 Å². The minimum absolute atomic E-state index is 0.366. The Morgan fingerprint density at radius 1 is 1.20 bits per heavy atom. The number of hydrogen-bond acceptors (Lipinski definition) is 1. The molecule has 0 saturated heterocycles. The molecule has 1 saturated carbocycles. The first-order chi connectivity index (χ1) is 9.47. The van der Waals surface area contributed by atoms with Gasteiger partial charge in [0.2, 0.25) is 0 Å². The molecule has 1 aliphatic carbocycles. The van der Waals surface area contributed by atoms with E-state index in [4.69, 9.17) is 11.6 Å². The Balaban J connectivity index is 2.05. The summed E-state index contributed by atoms with van der Waals surface area (Å²) in [6, 6.07) is 9.23. The van der Waals surface area contributed by atoms with Crippen LogP contribution in [0.3, 0.4) is 0 Å². The topological polar surface area (TPSA) is 12.0 Å². The van der Waals surface area contributed by atoms with Crippen LogP contribution in [0.5, 0.6) is 0 Å². The fourth-order valence-corrected chi connectivity index (χ4v) is 3.79. The van der Waals surface area contributed by atoms with Crippen molar-refractivity contribution >= 4 is 11.6 Å². The van der Waals surface area contributed by atoms with Crippen LogP contribution < -0.4 is 5.32 Å². The highest BCUT2D eigenvalue weighted by atomic mass is 35.5. The van der Waals surface area contributed by atoms with Crippen LogP contribution >= 0.6 is 11.6 Å². The number of nitrogens with one attached hydrogen (secondary N) is 1. The second kappa shape index (κ2) is 6.95. The van der Waals surface area contributed by atoms with Crippen LogP contribution in [0.2, 0.25) is 5.02 Å². The van der Waals surface area contributed by atoms with Crippen molar-refractivity contribution in [1.82, 2.24) is 5.32 Å². The molecule has 2 heteroatoms. The maximum atomic E-state index is 6.11. The van der Waals surface area contributed by atoms with Gasteiger partial charge in [-0.2, -0.15) is 0 Å². The van der Waals surface area contributed by atoms with Crippen molar-refractivity contribution in [2.75, 3.05) is 0 Å². The molecular formula is C18H28ClN. The third-order valence-electron chi connectivity index (χ3n) is 4.83. The minimum Gasteiger partial charge on any atom is -0.307 e. The summed E-state index contributed by atoms with van der Waals surface area (Å²) in [5.74, 6) is 2.40. The average Bonchev–Trinajstić information content (AvgIpc) is 2.38. The summed E-state index contributed by atoms with van der Waals surface area (Å²) in [5.41, 5.74) is 1.29. The Morgan fingerprint density at radius 3 is 2.60 bits per heavy atom. The van der Waals surface area contributed by atoms with Crippen LogP contribution in [0.25, 0.3) is 0 Å². The third kappa shape index (κ3) is 3.99. The van der Waals surface area contributed by atoms with Crippen LogP contribution in [0.1, 0.15) is 58.6 Å². The molecule has 1 fully saturated rings. The van der Waals surface area contributed by atoms with E-state index in [1.165, 1.54) is 24.8 Å². The lowest BCUT2D eigenvalue weighted by atomic mass is 9.73. The van der Waals surface area contributed by atoms with Crippen LogP contribution in [-0.4, -0.2) is 6.04 Å². The van der Waals surface area contributed by atoms with E-state index in [1.807, 2.05) is 12.1 Å². The van der Waals surface area contributed by atoms with Crippen molar-refractivity contribution in [3.63, 3.8) is 0 Å². The SMILES string of the molecule is CC1CCC(C(C)C)C(NC(C)c2cccc(Cl)c2)C1. The molecule has 2 rings (SSSR count). The fraction of sp³-hybridized carbons (Fsp3) is 0.667. The quantitative estimate of drug-likeness (QED) is 0.778. The lowest BCUT2D eigenvalue weighted by Crippen LogP contribution is -2.43. The maximum Gasteiger partial charge on any atom is 0.0409 e. The Hall–Kier alpha value is -0.530. The van der Waals surface area contributed by atoms with Gasteiger partial charge < -0.3 is 5.32 Å². The summed E-state index contributed by atoms with van der Waals surface area (Å²) >= 11 is 6.11. The molecule has 4 atom stereocenters. The predicted octanol–water partition coefficient (Wildman–Crippen LogP) is 5.45. The molecule has 0 radical (unpaired) electrons. The highest BCUT2D eigenvalue weighted by Crippen LogP contribution is 2.34. The van der Waals surface area contributed by atoms with E-state index in [1.54, 1.807) is 0 Å². The van der Waals surface area contributed by atoms with Gasteiger partial charge in [-0.15, -0.1) is 0 Å². The number of hydrogen-bond donors (Lipinski definition) is 1. The summed E-state index contributed by atoms with van der Waals surface area (Å²) in [7, 11) is 0. The molecule has 1 aromatic rings. The van der Waals surface area contributed by atoms with Gasteiger partial charge in [-0.1, -0.05) is 50.9 Å². The van der Waals surface area contributed by atoms with Crippen molar-refractivity contribution in [2.24, 2.45) is 17.8 Å². The number of benzene rings is 1. The number of halogens is 1. The highest BCUT2D eigenvalue weighted by molar-refractivity contribution is 6.30.